The van der Waals surface area contributed by atoms with Gasteiger partial charge >= 0.3 is 0 Å². The van der Waals surface area contributed by atoms with Crippen LogP contribution in [0.4, 0.5) is 0 Å². The highest BCUT2D eigenvalue weighted by Gasteiger charge is 2.35. The highest BCUT2D eigenvalue weighted by Crippen LogP contribution is 2.23. The molecule has 0 spiro atoms. The summed E-state index contributed by atoms with van der Waals surface area (Å²) in [5, 5.41) is 0. The second-order valence-corrected chi connectivity index (χ2v) is 8.38. The zero-order chi connectivity index (χ0) is 22.1. The van der Waals surface area contributed by atoms with Crippen LogP contribution in [0.5, 0.6) is 5.75 Å². The van der Waals surface area contributed by atoms with E-state index in [9.17, 15) is 9.59 Å². The van der Waals surface area contributed by atoms with E-state index in [1.54, 1.807) is 50.1 Å². The minimum absolute atomic E-state index is 0.0765. The van der Waals surface area contributed by atoms with Gasteiger partial charge in [0.15, 0.2) is 11.6 Å². The molecule has 30 heavy (non-hydrogen) atoms. The number of thioether (sulfide) groups is 1. The molecule has 0 unspecified atom stereocenters. The number of benzene rings is 2. The summed E-state index contributed by atoms with van der Waals surface area (Å²) in [6.45, 7) is 8.61. The number of hydrogen-bond donors (Lipinski definition) is 0. The predicted octanol–water partition coefficient (Wildman–Crippen LogP) is 4.60. The Morgan fingerprint density at radius 2 is 1.50 bits per heavy atom. The van der Waals surface area contributed by atoms with Crippen LogP contribution in [0.2, 0.25) is 0 Å². The molecule has 0 saturated carbocycles. The van der Waals surface area contributed by atoms with Gasteiger partial charge in [-0.1, -0.05) is 12.1 Å². The quantitative estimate of drug-likeness (QED) is 0.494. The molecule has 0 N–H and O–H groups in total. The number of hydrogen-bond acceptors (Lipinski definition) is 6. The Hall–Kier alpha value is -2.15. The fraction of sp³-hybridized carbons (Fsp3) is 0.417. The molecule has 1 saturated heterocycles. The fourth-order valence-electron chi connectivity index (χ4n) is 3.19. The molecule has 1 heterocycles. The van der Waals surface area contributed by atoms with Gasteiger partial charge in [-0.3, -0.25) is 14.5 Å². The fourth-order valence-corrected chi connectivity index (χ4v) is 3.60. The Morgan fingerprint density at radius 1 is 0.967 bits per heavy atom. The minimum atomic E-state index is -0.468. The topological polar surface area (TPSA) is 55.8 Å². The van der Waals surface area contributed by atoms with Gasteiger partial charge in [-0.15, -0.1) is 11.8 Å². The lowest BCUT2D eigenvalue weighted by Crippen LogP contribution is -2.54. The molecule has 5 nitrogen and oxygen atoms in total. The molecule has 0 bridgehead atoms. The van der Waals surface area contributed by atoms with Crippen molar-refractivity contribution in [2.24, 2.45) is 0 Å². The van der Waals surface area contributed by atoms with Crippen molar-refractivity contribution in [1.29, 1.82) is 0 Å². The lowest BCUT2D eigenvalue weighted by atomic mass is 9.91. The van der Waals surface area contributed by atoms with E-state index < -0.39 is 5.54 Å². The van der Waals surface area contributed by atoms with Crippen LogP contribution in [0.15, 0.2) is 53.4 Å². The summed E-state index contributed by atoms with van der Waals surface area (Å²) in [6, 6.07) is 14.9. The van der Waals surface area contributed by atoms with Crippen LogP contribution < -0.4 is 4.74 Å². The SMILES string of the molecule is COc1ccc(C(C)=O)cc1.CSc1ccc(C(=O)C(C)(C)N2CCOCC2)cc1. The van der Waals surface area contributed by atoms with Gasteiger partial charge in [-0.2, -0.15) is 0 Å². The standard InChI is InChI=1S/C15H21NO2S.C9H10O2/c1-15(2,16-8-10-18-11-9-16)14(17)12-4-6-13(19-3)7-5-12;1-7(10)8-3-5-9(11-2)6-4-8/h4-7H,8-11H2,1-3H3;3-6H,1-2H3. The average Bonchev–Trinajstić information content (AvgIpc) is 2.79. The van der Waals surface area contributed by atoms with Crippen molar-refractivity contribution >= 4 is 23.3 Å². The number of carbonyl (C=O) groups excluding carboxylic acids is 2. The lowest BCUT2D eigenvalue weighted by Gasteiger charge is -2.39. The first-order chi connectivity index (χ1) is 14.3. The van der Waals surface area contributed by atoms with Crippen molar-refractivity contribution in [3.05, 3.63) is 59.7 Å². The monoisotopic (exact) mass is 429 g/mol. The molecule has 2 aromatic rings. The number of Topliss-reactive ketones (excluding diaryl/α,β-unsaturated/α-hetero) is 2. The molecule has 0 radical (unpaired) electrons. The smallest absolute Gasteiger partial charge is 0.182 e. The highest BCUT2D eigenvalue weighted by molar-refractivity contribution is 7.98. The Bertz CT molecular complexity index is 825. The number of nitrogens with zero attached hydrogens (tertiary/aromatic N) is 1. The molecule has 0 atom stereocenters. The predicted molar refractivity (Wildman–Crippen MR) is 122 cm³/mol. The van der Waals surface area contributed by atoms with Gasteiger partial charge in [0.05, 0.1) is 25.9 Å². The first-order valence-electron chi connectivity index (χ1n) is 9.96. The van der Waals surface area contributed by atoms with Gasteiger partial charge in [0.1, 0.15) is 5.75 Å². The van der Waals surface area contributed by atoms with Crippen LogP contribution in [0.1, 0.15) is 41.5 Å². The zero-order valence-electron chi connectivity index (χ0n) is 18.4. The molecular weight excluding hydrogens is 398 g/mol. The van der Waals surface area contributed by atoms with Crippen molar-refractivity contribution in [3.63, 3.8) is 0 Å². The van der Waals surface area contributed by atoms with E-state index in [1.807, 2.05) is 44.4 Å². The van der Waals surface area contributed by atoms with Crippen LogP contribution in [-0.2, 0) is 4.74 Å². The third kappa shape index (κ3) is 6.42. The summed E-state index contributed by atoms with van der Waals surface area (Å²) >= 11 is 1.69. The van der Waals surface area contributed by atoms with Crippen molar-refractivity contribution in [3.8, 4) is 5.75 Å². The third-order valence-electron chi connectivity index (χ3n) is 5.21. The molecule has 0 amide bonds. The number of rotatable bonds is 6. The van der Waals surface area contributed by atoms with Crippen molar-refractivity contribution in [2.75, 3.05) is 39.7 Å². The van der Waals surface area contributed by atoms with Gasteiger partial charge < -0.3 is 9.47 Å². The van der Waals surface area contributed by atoms with E-state index in [0.29, 0.717) is 18.8 Å². The van der Waals surface area contributed by atoms with E-state index in [2.05, 4.69) is 4.90 Å². The van der Waals surface area contributed by atoms with Gasteiger partial charge in [0.2, 0.25) is 0 Å². The Morgan fingerprint density at radius 3 is 1.97 bits per heavy atom. The van der Waals surface area contributed by atoms with Gasteiger partial charge in [0.25, 0.3) is 0 Å². The summed E-state index contributed by atoms with van der Waals surface area (Å²) < 4.78 is 10.3. The highest BCUT2D eigenvalue weighted by atomic mass is 32.2. The average molecular weight is 430 g/mol. The van der Waals surface area contributed by atoms with Crippen LogP contribution in [0.3, 0.4) is 0 Å². The number of carbonyl (C=O) groups is 2. The summed E-state index contributed by atoms with van der Waals surface area (Å²) in [5.74, 6) is 1.03. The number of methoxy groups -OCH3 is 1. The summed E-state index contributed by atoms with van der Waals surface area (Å²) in [7, 11) is 1.60. The molecule has 1 aliphatic rings. The van der Waals surface area contributed by atoms with E-state index in [4.69, 9.17) is 9.47 Å². The van der Waals surface area contributed by atoms with Crippen molar-refractivity contribution in [1.82, 2.24) is 4.90 Å². The molecule has 1 fully saturated rings. The molecule has 2 aromatic carbocycles. The Kier molecular flexibility index (Phi) is 9.08. The first kappa shape index (κ1) is 24.1. The molecule has 3 rings (SSSR count). The third-order valence-corrected chi connectivity index (χ3v) is 5.95. The molecule has 0 aliphatic carbocycles. The number of ether oxygens (including phenoxy) is 2. The maximum Gasteiger partial charge on any atom is 0.182 e. The van der Waals surface area contributed by atoms with E-state index >= 15 is 0 Å². The Balaban J connectivity index is 0.000000248. The van der Waals surface area contributed by atoms with Gasteiger partial charge in [-0.05, 0) is 63.4 Å². The second-order valence-electron chi connectivity index (χ2n) is 7.50. The molecule has 0 aromatic heterocycles. The maximum absolute atomic E-state index is 12.7. The summed E-state index contributed by atoms with van der Waals surface area (Å²) in [4.78, 5) is 26.9. The second kappa shape index (κ2) is 11.3. The minimum Gasteiger partial charge on any atom is -0.497 e. The Labute approximate surface area is 183 Å². The van der Waals surface area contributed by atoms with Crippen LogP contribution >= 0.6 is 11.8 Å². The number of morpholine rings is 1. The number of ketones is 2. The normalized spacial score (nSPS) is 14.4. The first-order valence-corrected chi connectivity index (χ1v) is 11.2. The van der Waals surface area contributed by atoms with Crippen molar-refractivity contribution in [2.45, 2.75) is 31.2 Å². The van der Waals surface area contributed by atoms with E-state index in [-0.39, 0.29) is 11.6 Å². The van der Waals surface area contributed by atoms with Gasteiger partial charge in [0, 0.05) is 29.1 Å². The molecule has 6 heteroatoms. The van der Waals surface area contributed by atoms with Gasteiger partial charge in [-0.25, -0.2) is 0 Å². The van der Waals surface area contributed by atoms with Crippen molar-refractivity contribution < 1.29 is 19.1 Å². The van der Waals surface area contributed by atoms with Crippen LogP contribution in [0.25, 0.3) is 0 Å². The van der Waals surface area contributed by atoms with E-state index in [1.165, 1.54) is 4.90 Å². The summed E-state index contributed by atoms with van der Waals surface area (Å²) in [5.41, 5.74) is 1.03. The lowest BCUT2D eigenvalue weighted by molar-refractivity contribution is -0.00430. The van der Waals surface area contributed by atoms with E-state index in [0.717, 1.165) is 24.4 Å². The maximum atomic E-state index is 12.7. The molecular formula is C24H31NO4S. The molecule has 162 valence electrons. The largest absolute Gasteiger partial charge is 0.497 e. The zero-order valence-corrected chi connectivity index (χ0v) is 19.3. The van der Waals surface area contributed by atoms with Crippen LogP contribution in [0, 0.1) is 0 Å². The molecule has 1 aliphatic heterocycles. The van der Waals surface area contributed by atoms with Crippen LogP contribution in [-0.4, -0.2) is 61.7 Å². The summed E-state index contributed by atoms with van der Waals surface area (Å²) in [6.07, 6.45) is 2.04.